The molecule has 0 unspecified atom stereocenters. The average molecular weight is 207 g/mol. The summed E-state index contributed by atoms with van der Waals surface area (Å²) < 4.78 is 0. The molecule has 0 aromatic carbocycles. The molecule has 0 spiro atoms. The van der Waals surface area contributed by atoms with Gasteiger partial charge in [-0.15, -0.1) is 0 Å². The first-order valence-corrected chi connectivity index (χ1v) is 4.96. The minimum Gasteiger partial charge on any atom is -0.262 e. The minimum atomic E-state index is 0.752. The number of hydrogen-bond acceptors (Lipinski definition) is 2. The number of allylic oxidation sites excluding steroid dienone is 5. The topological polar surface area (TPSA) is 12.4 Å². The van der Waals surface area contributed by atoms with Crippen LogP contribution in [0.3, 0.4) is 0 Å². The molecule has 0 aromatic rings. The second-order valence-corrected chi connectivity index (χ2v) is 3.91. The molecular weight excluding hydrogens is 190 g/mol. The normalized spacial score (nSPS) is 11.5. The molecule has 14 heavy (non-hydrogen) atoms. The van der Waals surface area contributed by atoms with Crippen molar-refractivity contribution in [3.8, 4) is 0 Å². The van der Waals surface area contributed by atoms with Crippen molar-refractivity contribution in [3.63, 3.8) is 0 Å². The zero-order chi connectivity index (χ0) is 11.0. The highest BCUT2D eigenvalue weighted by atomic mass is 32.1. The Balaban J connectivity index is 4.62. The molecule has 0 aliphatic heterocycles. The van der Waals surface area contributed by atoms with Gasteiger partial charge in [0, 0.05) is 17.8 Å². The van der Waals surface area contributed by atoms with Crippen molar-refractivity contribution in [3.05, 3.63) is 36.6 Å². The zero-order valence-corrected chi connectivity index (χ0v) is 9.90. The van der Waals surface area contributed by atoms with E-state index in [0.717, 1.165) is 22.7 Å². The molecule has 0 saturated heterocycles. The third kappa shape index (κ3) is 7.62. The Morgan fingerprint density at radius 1 is 1.29 bits per heavy atom. The summed E-state index contributed by atoms with van der Waals surface area (Å²) in [6, 6.07) is 0. The van der Waals surface area contributed by atoms with Crippen LogP contribution in [0, 0.1) is 0 Å². The van der Waals surface area contributed by atoms with Crippen molar-refractivity contribution >= 4 is 22.8 Å². The van der Waals surface area contributed by atoms with Crippen LogP contribution in [0.4, 0.5) is 0 Å². The Kier molecular flexibility index (Phi) is 6.85. The summed E-state index contributed by atoms with van der Waals surface area (Å²) in [7, 11) is 0. The molecule has 0 aromatic heterocycles. The van der Waals surface area contributed by atoms with Gasteiger partial charge in [-0.3, -0.25) is 4.99 Å². The molecule has 0 aliphatic rings. The molecule has 0 rings (SSSR count). The maximum Gasteiger partial charge on any atom is 0.0451 e. The Morgan fingerprint density at radius 2 is 1.93 bits per heavy atom. The van der Waals surface area contributed by atoms with E-state index < -0.39 is 0 Å². The Bertz CT molecular complexity index is 291. The lowest BCUT2D eigenvalue weighted by atomic mass is 10.2. The van der Waals surface area contributed by atoms with Crippen LogP contribution in [0.2, 0.25) is 0 Å². The van der Waals surface area contributed by atoms with Crippen LogP contribution in [-0.2, 0) is 0 Å². The molecule has 0 amide bonds. The van der Waals surface area contributed by atoms with Crippen LogP contribution < -0.4 is 0 Å². The largest absolute Gasteiger partial charge is 0.262 e. The summed E-state index contributed by atoms with van der Waals surface area (Å²) >= 11 is 5.05. The fourth-order valence-corrected chi connectivity index (χ4v) is 1.07. The van der Waals surface area contributed by atoms with Gasteiger partial charge in [0.2, 0.25) is 0 Å². The lowest BCUT2D eigenvalue weighted by Gasteiger charge is -1.99. The van der Waals surface area contributed by atoms with E-state index in [4.69, 9.17) is 12.2 Å². The first-order chi connectivity index (χ1) is 6.56. The second kappa shape index (κ2) is 7.39. The summed E-state index contributed by atoms with van der Waals surface area (Å²) in [6.45, 7) is 9.49. The van der Waals surface area contributed by atoms with E-state index in [1.165, 1.54) is 0 Å². The van der Waals surface area contributed by atoms with E-state index in [-0.39, 0.29) is 0 Å². The summed E-state index contributed by atoms with van der Waals surface area (Å²) in [6.07, 6.45) is 8.25. The van der Waals surface area contributed by atoms with E-state index >= 15 is 0 Å². The molecule has 0 aliphatic carbocycles. The quantitative estimate of drug-likeness (QED) is 0.379. The van der Waals surface area contributed by atoms with Gasteiger partial charge < -0.3 is 0 Å². The number of nitrogens with zero attached hydrogens (tertiary/aromatic N) is 1. The van der Waals surface area contributed by atoms with Gasteiger partial charge in [-0.05, 0) is 31.7 Å². The van der Waals surface area contributed by atoms with Gasteiger partial charge in [0.05, 0.1) is 0 Å². The number of thiocarbonyl (C=S) groups is 1. The van der Waals surface area contributed by atoms with Crippen molar-refractivity contribution in [1.82, 2.24) is 0 Å². The fourth-order valence-electron chi connectivity index (χ4n) is 0.923. The second-order valence-electron chi connectivity index (χ2n) is 3.22. The van der Waals surface area contributed by atoms with E-state index in [1.54, 1.807) is 6.08 Å². The predicted molar refractivity (Wildman–Crippen MR) is 69.1 cm³/mol. The summed E-state index contributed by atoms with van der Waals surface area (Å²) in [5.74, 6) is 0. The maximum atomic E-state index is 5.05. The zero-order valence-electron chi connectivity index (χ0n) is 9.08. The minimum absolute atomic E-state index is 0.752. The summed E-state index contributed by atoms with van der Waals surface area (Å²) in [5, 5.41) is 0. The molecule has 76 valence electrons. The molecule has 0 heterocycles. The monoisotopic (exact) mass is 207 g/mol. The van der Waals surface area contributed by atoms with E-state index in [1.807, 2.05) is 39.0 Å². The SMILES string of the molecule is C=C/C=C\C=C(/CC(C)=S)N=C(C)C. The third-order valence-corrected chi connectivity index (χ3v) is 1.48. The standard InChI is InChI=1S/C12H17NS/c1-5-6-7-8-12(9-11(4)14)13-10(2)3/h5-8H,1,9H2,2-4H3/b7-6-,12-8+. The molecule has 0 saturated carbocycles. The van der Waals surface area contributed by atoms with Gasteiger partial charge in [-0.25, -0.2) is 0 Å². The molecule has 0 fully saturated rings. The van der Waals surface area contributed by atoms with Gasteiger partial charge in [0.15, 0.2) is 0 Å². The molecule has 0 N–H and O–H groups in total. The molecule has 1 nitrogen and oxygen atoms in total. The van der Waals surface area contributed by atoms with Crippen molar-refractivity contribution < 1.29 is 0 Å². The van der Waals surface area contributed by atoms with Crippen molar-refractivity contribution in [1.29, 1.82) is 0 Å². The number of hydrogen-bond donors (Lipinski definition) is 0. The Labute approximate surface area is 91.9 Å². The van der Waals surface area contributed by atoms with Crippen molar-refractivity contribution in [2.75, 3.05) is 0 Å². The van der Waals surface area contributed by atoms with Gasteiger partial charge >= 0.3 is 0 Å². The summed E-state index contributed by atoms with van der Waals surface area (Å²) in [4.78, 5) is 5.35. The molecule has 0 atom stereocenters. The maximum absolute atomic E-state index is 5.05. The highest BCUT2D eigenvalue weighted by Crippen LogP contribution is 2.06. The molecular formula is C12H17NS. The van der Waals surface area contributed by atoms with Crippen LogP contribution in [0.25, 0.3) is 0 Å². The van der Waals surface area contributed by atoms with Crippen LogP contribution in [0.15, 0.2) is 41.6 Å². The first-order valence-electron chi connectivity index (χ1n) is 4.56. The van der Waals surface area contributed by atoms with Gasteiger partial charge in [0.1, 0.15) is 0 Å². The third-order valence-electron chi connectivity index (χ3n) is 1.33. The Morgan fingerprint density at radius 3 is 2.36 bits per heavy atom. The van der Waals surface area contributed by atoms with E-state index in [0.29, 0.717) is 0 Å². The van der Waals surface area contributed by atoms with E-state index in [9.17, 15) is 0 Å². The van der Waals surface area contributed by atoms with Crippen molar-refractivity contribution in [2.45, 2.75) is 27.2 Å². The summed E-state index contributed by atoms with van der Waals surface area (Å²) in [5.41, 5.74) is 2.04. The lowest BCUT2D eigenvalue weighted by molar-refractivity contribution is 1.20. The first kappa shape index (κ1) is 13.0. The molecule has 0 radical (unpaired) electrons. The van der Waals surface area contributed by atoms with Gasteiger partial charge in [-0.1, -0.05) is 37.0 Å². The smallest absolute Gasteiger partial charge is 0.0451 e. The van der Waals surface area contributed by atoms with Crippen LogP contribution in [-0.4, -0.2) is 10.6 Å². The van der Waals surface area contributed by atoms with E-state index in [2.05, 4.69) is 11.6 Å². The fraction of sp³-hybridized carbons (Fsp3) is 0.333. The highest BCUT2D eigenvalue weighted by molar-refractivity contribution is 7.80. The van der Waals surface area contributed by atoms with Crippen LogP contribution >= 0.6 is 12.2 Å². The van der Waals surface area contributed by atoms with Crippen LogP contribution in [0.1, 0.15) is 27.2 Å². The highest BCUT2D eigenvalue weighted by Gasteiger charge is 1.95. The van der Waals surface area contributed by atoms with Crippen molar-refractivity contribution in [2.24, 2.45) is 4.99 Å². The van der Waals surface area contributed by atoms with Gasteiger partial charge in [-0.2, -0.15) is 0 Å². The van der Waals surface area contributed by atoms with Crippen LogP contribution in [0.5, 0.6) is 0 Å². The predicted octanol–water partition coefficient (Wildman–Crippen LogP) is 3.87. The molecule has 2 heteroatoms. The average Bonchev–Trinajstić information content (AvgIpc) is 2.02. The van der Waals surface area contributed by atoms with Gasteiger partial charge in [0.25, 0.3) is 0 Å². The number of rotatable bonds is 5. The molecule has 0 bridgehead atoms. The number of aliphatic imine (C=N–C) groups is 1. The lowest BCUT2D eigenvalue weighted by Crippen LogP contribution is -1.91. The Hall–Kier alpha value is -1.02.